The van der Waals surface area contributed by atoms with Crippen molar-refractivity contribution in [3.63, 3.8) is 0 Å². The molecule has 2 amide bonds. The van der Waals surface area contributed by atoms with Crippen molar-refractivity contribution < 1.29 is 31.4 Å². The highest BCUT2D eigenvalue weighted by molar-refractivity contribution is 7.84. The third kappa shape index (κ3) is 6.83. The summed E-state index contributed by atoms with van der Waals surface area (Å²) in [5, 5.41) is 7.64. The van der Waals surface area contributed by atoms with Gasteiger partial charge in [0.2, 0.25) is 0 Å². The number of carbonyl (C=O) groups is 2. The number of amides is 2. The number of hydrogen-bond donors (Lipinski definition) is 2. The molecule has 0 bridgehead atoms. The van der Waals surface area contributed by atoms with Gasteiger partial charge in [0.25, 0.3) is 11.8 Å². The number of anilines is 1. The van der Waals surface area contributed by atoms with Crippen molar-refractivity contribution in [1.29, 1.82) is 0 Å². The summed E-state index contributed by atoms with van der Waals surface area (Å²) in [6.45, 7) is 11.2. The minimum Gasteiger partial charge on any atom is -0.339 e. The van der Waals surface area contributed by atoms with Crippen LogP contribution in [0.2, 0.25) is 0 Å². The Morgan fingerprint density at radius 1 is 1.04 bits per heavy atom. The Morgan fingerprint density at radius 2 is 1.71 bits per heavy atom. The van der Waals surface area contributed by atoms with E-state index in [9.17, 15) is 31.4 Å². The van der Waals surface area contributed by atoms with E-state index in [1.807, 2.05) is 6.07 Å². The summed E-state index contributed by atoms with van der Waals surface area (Å²) in [6, 6.07) is 16.2. The van der Waals surface area contributed by atoms with Crippen molar-refractivity contribution in [3.8, 4) is 5.69 Å². The van der Waals surface area contributed by atoms with Crippen molar-refractivity contribution in [3.05, 3.63) is 125 Å². The van der Waals surface area contributed by atoms with Crippen molar-refractivity contribution in [2.45, 2.75) is 56.6 Å². The summed E-state index contributed by atoms with van der Waals surface area (Å²) in [5.41, 5.74) is 0.538. The fourth-order valence-corrected chi connectivity index (χ4v) is 6.40. The first kappa shape index (κ1) is 34.7. The SMILES string of the molecule is C=C[C@@H](N[S@@](=O)C(C)(C)C)c1nn(-c2ccccc2)c2c1C(c1ccc(F)cc1)C(NC(=O)c1cccc(C(F)(F)F)c1)C(=O)N2CC. The molecular formula is C35H35F4N5O3S. The van der Waals surface area contributed by atoms with Gasteiger partial charge >= 0.3 is 6.18 Å². The quantitative estimate of drug-likeness (QED) is 0.154. The predicted octanol–water partition coefficient (Wildman–Crippen LogP) is 6.61. The summed E-state index contributed by atoms with van der Waals surface area (Å²) in [7, 11) is -1.59. The van der Waals surface area contributed by atoms with Crippen LogP contribution in [0.4, 0.5) is 23.4 Å². The van der Waals surface area contributed by atoms with Crippen molar-refractivity contribution >= 4 is 28.6 Å². The third-order valence-electron chi connectivity index (χ3n) is 7.96. The highest BCUT2D eigenvalue weighted by Gasteiger charge is 2.47. The molecule has 2 unspecified atom stereocenters. The van der Waals surface area contributed by atoms with E-state index < -0.39 is 63.1 Å². The zero-order valence-corrected chi connectivity index (χ0v) is 27.5. The van der Waals surface area contributed by atoms with E-state index in [0.717, 1.165) is 18.2 Å². The first-order valence-corrected chi connectivity index (χ1v) is 16.3. The minimum atomic E-state index is -4.69. The molecule has 1 aliphatic heterocycles. The maximum atomic E-state index is 14.4. The van der Waals surface area contributed by atoms with Crippen LogP contribution >= 0.6 is 0 Å². The van der Waals surface area contributed by atoms with E-state index in [4.69, 9.17) is 5.10 Å². The molecule has 4 atom stereocenters. The molecule has 0 saturated heterocycles. The van der Waals surface area contributed by atoms with E-state index >= 15 is 0 Å². The predicted molar refractivity (Wildman–Crippen MR) is 177 cm³/mol. The molecule has 0 fully saturated rings. The summed E-state index contributed by atoms with van der Waals surface area (Å²) in [5.74, 6) is -2.62. The summed E-state index contributed by atoms with van der Waals surface area (Å²) in [6.07, 6.45) is -3.16. The lowest BCUT2D eigenvalue weighted by Crippen LogP contribution is -2.55. The molecule has 5 rings (SSSR count). The van der Waals surface area contributed by atoms with Gasteiger partial charge in [0.15, 0.2) is 0 Å². The van der Waals surface area contributed by atoms with Crippen LogP contribution < -0.4 is 14.9 Å². The largest absolute Gasteiger partial charge is 0.416 e. The molecular weight excluding hydrogens is 646 g/mol. The number of fused-ring (bicyclic) bond motifs is 1. The molecule has 252 valence electrons. The Hall–Kier alpha value is -4.62. The second-order valence-electron chi connectivity index (χ2n) is 12.2. The molecule has 2 heterocycles. The molecule has 0 aliphatic carbocycles. The van der Waals surface area contributed by atoms with Gasteiger partial charge in [0, 0.05) is 23.6 Å². The smallest absolute Gasteiger partial charge is 0.339 e. The van der Waals surface area contributed by atoms with Crippen molar-refractivity contribution in [2.75, 3.05) is 11.4 Å². The van der Waals surface area contributed by atoms with Crippen LogP contribution in [0.5, 0.6) is 0 Å². The van der Waals surface area contributed by atoms with Crippen LogP contribution in [0.3, 0.4) is 0 Å². The van der Waals surface area contributed by atoms with Gasteiger partial charge in [-0.1, -0.05) is 42.5 Å². The molecule has 1 aliphatic rings. The fraction of sp³-hybridized carbons (Fsp3) is 0.286. The normalized spacial score (nSPS) is 17.8. The fourth-order valence-electron chi connectivity index (χ4n) is 5.61. The van der Waals surface area contributed by atoms with Gasteiger partial charge in [0.05, 0.1) is 38.7 Å². The van der Waals surface area contributed by atoms with E-state index in [1.165, 1.54) is 41.3 Å². The average molecular weight is 682 g/mol. The molecule has 48 heavy (non-hydrogen) atoms. The van der Waals surface area contributed by atoms with Gasteiger partial charge in [-0.05, 0) is 75.7 Å². The highest BCUT2D eigenvalue weighted by atomic mass is 32.2. The van der Waals surface area contributed by atoms with E-state index in [1.54, 1.807) is 56.6 Å². The van der Waals surface area contributed by atoms with E-state index in [0.29, 0.717) is 28.3 Å². The molecule has 0 radical (unpaired) electrons. The second-order valence-corrected chi connectivity index (χ2v) is 14.2. The number of halogens is 4. The van der Waals surface area contributed by atoms with Crippen LogP contribution in [-0.4, -0.2) is 43.1 Å². The number of aromatic nitrogens is 2. The molecule has 13 heteroatoms. The number of rotatable bonds is 9. The number of carbonyl (C=O) groups excluding carboxylic acids is 2. The number of hydrogen-bond acceptors (Lipinski definition) is 4. The minimum absolute atomic E-state index is 0.135. The van der Waals surface area contributed by atoms with Crippen LogP contribution in [0.25, 0.3) is 5.69 Å². The van der Waals surface area contributed by atoms with Gasteiger partial charge in [-0.2, -0.15) is 18.3 Å². The lowest BCUT2D eigenvalue weighted by atomic mass is 9.80. The topological polar surface area (TPSA) is 96.3 Å². The molecule has 0 spiro atoms. The first-order chi connectivity index (χ1) is 22.6. The van der Waals surface area contributed by atoms with Crippen LogP contribution in [-0.2, 0) is 22.0 Å². The van der Waals surface area contributed by atoms with E-state index in [-0.39, 0.29) is 12.1 Å². The number of benzene rings is 3. The standard InChI is InChI=1S/C35H35F4N5O3S/c1-6-26(42-48(47)34(3,4)5)29-28-27(21-16-18-24(36)19-17-21)30(40-31(45)22-12-11-13-23(20-22)35(37,38)39)33(46)43(7-2)32(28)44(41-29)25-14-9-8-10-15-25/h6,8-20,26-27,30,42H,1,7H2,2-5H3,(H,40,45)/t26-,27?,30?,48+/m1/s1. The maximum absolute atomic E-state index is 14.4. The number of nitrogens with zero attached hydrogens (tertiary/aromatic N) is 3. The zero-order chi connectivity index (χ0) is 35.0. The third-order valence-corrected chi connectivity index (χ3v) is 9.54. The summed E-state index contributed by atoms with van der Waals surface area (Å²) >= 11 is 0. The Labute approximate surface area is 278 Å². The average Bonchev–Trinajstić information content (AvgIpc) is 3.43. The number of alkyl halides is 3. The van der Waals surface area contributed by atoms with Crippen LogP contribution in [0.15, 0.2) is 91.5 Å². The lowest BCUT2D eigenvalue weighted by Gasteiger charge is -2.39. The summed E-state index contributed by atoms with van der Waals surface area (Å²) in [4.78, 5) is 29.5. The zero-order valence-electron chi connectivity index (χ0n) is 26.7. The molecule has 8 nitrogen and oxygen atoms in total. The lowest BCUT2D eigenvalue weighted by molar-refractivity contribution is -0.137. The van der Waals surface area contributed by atoms with E-state index in [2.05, 4.69) is 16.6 Å². The Morgan fingerprint density at radius 3 is 2.29 bits per heavy atom. The number of nitrogens with one attached hydrogen (secondary N) is 2. The van der Waals surface area contributed by atoms with Crippen molar-refractivity contribution in [1.82, 2.24) is 19.8 Å². The molecule has 0 saturated carbocycles. The van der Waals surface area contributed by atoms with Gasteiger partial charge in [-0.3, -0.25) is 14.5 Å². The van der Waals surface area contributed by atoms with Crippen molar-refractivity contribution in [2.24, 2.45) is 0 Å². The van der Waals surface area contributed by atoms with Gasteiger partial charge < -0.3 is 5.32 Å². The van der Waals surface area contributed by atoms with Crippen LogP contribution in [0.1, 0.15) is 72.4 Å². The molecule has 1 aromatic heterocycles. The molecule has 3 aromatic carbocycles. The number of likely N-dealkylation sites (N-methyl/N-ethyl adjacent to an activating group) is 1. The molecule has 4 aromatic rings. The highest BCUT2D eigenvalue weighted by Crippen LogP contribution is 2.45. The second kappa shape index (κ2) is 13.5. The van der Waals surface area contributed by atoms with Gasteiger partial charge in [-0.25, -0.2) is 18.0 Å². The van der Waals surface area contributed by atoms with Crippen LogP contribution in [0, 0.1) is 5.82 Å². The summed E-state index contributed by atoms with van der Waals surface area (Å²) < 4.78 is 72.2. The molecule has 2 N–H and O–H groups in total. The Kier molecular flexibility index (Phi) is 9.74. The number of para-hydroxylation sites is 1. The maximum Gasteiger partial charge on any atom is 0.416 e. The first-order valence-electron chi connectivity index (χ1n) is 15.2. The van der Waals surface area contributed by atoms with Gasteiger partial charge in [0.1, 0.15) is 17.7 Å². The Bertz CT molecular complexity index is 1850. The Balaban J connectivity index is 1.76. The van der Waals surface area contributed by atoms with Gasteiger partial charge in [-0.15, -0.1) is 6.58 Å². The monoisotopic (exact) mass is 681 g/mol.